The number of aromatic nitrogens is 1. The number of fused-ring (bicyclic) bond motifs is 1. The SMILES string of the molecule is COc1ccc(C(CC(=O)c2ccccc2)c2c(C)c3ccc(F)cc3n2C(C)C)cc1. The standard InChI is InChI=1S/C28H28FNO2/c1-18(2)30-26-16-22(29)12-15-24(26)19(3)28(30)25(20-10-13-23(32-4)14-11-20)17-27(31)21-8-6-5-7-9-21/h5-16,18,25H,17H2,1-4H3. The number of Topliss-reactive ketones (excluding diaryl/α,β-unsaturated/α-hetero) is 1. The summed E-state index contributed by atoms with van der Waals surface area (Å²) >= 11 is 0. The van der Waals surface area contributed by atoms with E-state index in [1.54, 1.807) is 13.2 Å². The van der Waals surface area contributed by atoms with E-state index in [0.717, 1.165) is 33.5 Å². The van der Waals surface area contributed by atoms with Crippen molar-refractivity contribution < 1.29 is 13.9 Å². The second-order valence-corrected chi connectivity index (χ2v) is 8.45. The van der Waals surface area contributed by atoms with E-state index in [-0.39, 0.29) is 23.6 Å². The van der Waals surface area contributed by atoms with Crippen LogP contribution in [0.3, 0.4) is 0 Å². The van der Waals surface area contributed by atoms with Crippen LogP contribution in [-0.4, -0.2) is 17.5 Å². The van der Waals surface area contributed by atoms with Crippen LogP contribution in [0.1, 0.15) is 59.4 Å². The first-order valence-corrected chi connectivity index (χ1v) is 10.9. The predicted molar refractivity (Wildman–Crippen MR) is 127 cm³/mol. The van der Waals surface area contributed by atoms with Crippen molar-refractivity contribution in [3.05, 3.63) is 101 Å². The summed E-state index contributed by atoms with van der Waals surface area (Å²) in [6.45, 7) is 6.26. The van der Waals surface area contributed by atoms with Crippen molar-refractivity contribution in [2.45, 2.75) is 39.2 Å². The molecule has 0 saturated carbocycles. The lowest BCUT2D eigenvalue weighted by molar-refractivity contribution is 0.0976. The molecule has 1 aromatic heterocycles. The Morgan fingerprint density at radius 2 is 1.69 bits per heavy atom. The maximum Gasteiger partial charge on any atom is 0.163 e. The molecule has 0 N–H and O–H groups in total. The van der Waals surface area contributed by atoms with Crippen molar-refractivity contribution in [2.75, 3.05) is 7.11 Å². The van der Waals surface area contributed by atoms with Gasteiger partial charge >= 0.3 is 0 Å². The summed E-state index contributed by atoms with van der Waals surface area (Å²) in [6.07, 6.45) is 0.322. The fraction of sp³-hybridized carbons (Fsp3) is 0.250. The Labute approximate surface area is 188 Å². The van der Waals surface area contributed by atoms with E-state index in [1.807, 2.05) is 60.7 Å². The van der Waals surface area contributed by atoms with Gasteiger partial charge in [0.1, 0.15) is 11.6 Å². The Bertz CT molecular complexity index is 1240. The summed E-state index contributed by atoms with van der Waals surface area (Å²) in [5.74, 6) is 0.416. The van der Waals surface area contributed by atoms with Crippen molar-refractivity contribution in [3.8, 4) is 5.75 Å². The van der Waals surface area contributed by atoms with E-state index in [4.69, 9.17) is 4.74 Å². The number of ether oxygens (including phenoxy) is 1. The average molecular weight is 430 g/mol. The molecule has 1 atom stereocenters. The molecule has 0 aliphatic heterocycles. The minimum Gasteiger partial charge on any atom is -0.497 e. The van der Waals surface area contributed by atoms with Crippen LogP contribution < -0.4 is 4.74 Å². The van der Waals surface area contributed by atoms with Crippen molar-refractivity contribution in [3.63, 3.8) is 0 Å². The summed E-state index contributed by atoms with van der Waals surface area (Å²) in [4.78, 5) is 13.3. The highest BCUT2D eigenvalue weighted by atomic mass is 19.1. The van der Waals surface area contributed by atoms with E-state index in [0.29, 0.717) is 12.0 Å². The minimum absolute atomic E-state index is 0.0811. The van der Waals surface area contributed by atoms with Crippen LogP contribution in [0.25, 0.3) is 10.9 Å². The fourth-order valence-corrected chi connectivity index (χ4v) is 4.59. The van der Waals surface area contributed by atoms with Crippen LogP contribution in [0.15, 0.2) is 72.8 Å². The second-order valence-electron chi connectivity index (χ2n) is 8.45. The Morgan fingerprint density at radius 1 is 1.00 bits per heavy atom. The Balaban J connectivity index is 1.91. The Hall–Kier alpha value is -3.40. The molecule has 0 amide bonds. The molecule has 0 saturated heterocycles. The molecule has 164 valence electrons. The van der Waals surface area contributed by atoms with Crippen LogP contribution in [-0.2, 0) is 0 Å². The molecular formula is C28H28FNO2. The van der Waals surface area contributed by atoms with E-state index in [2.05, 4.69) is 25.3 Å². The van der Waals surface area contributed by atoms with Gasteiger partial charge < -0.3 is 9.30 Å². The lowest BCUT2D eigenvalue weighted by Gasteiger charge is -2.24. The number of benzene rings is 3. The molecule has 1 heterocycles. The molecule has 3 aromatic carbocycles. The van der Waals surface area contributed by atoms with Gasteiger partial charge in [-0.05, 0) is 62.2 Å². The first-order valence-electron chi connectivity index (χ1n) is 10.9. The normalized spacial score (nSPS) is 12.3. The maximum atomic E-state index is 14.2. The lowest BCUT2D eigenvalue weighted by atomic mass is 9.86. The average Bonchev–Trinajstić information content (AvgIpc) is 3.09. The zero-order valence-electron chi connectivity index (χ0n) is 18.9. The summed E-state index contributed by atoms with van der Waals surface area (Å²) < 4.78 is 21.7. The zero-order chi connectivity index (χ0) is 22.8. The quantitative estimate of drug-likeness (QED) is 0.294. The summed E-state index contributed by atoms with van der Waals surface area (Å²) in [7, 11) is 1.64. The summed E-state index contributed by atoms with van der Waals surface area (Å²) in [5.41, 5.74) is 4.72. The number of aryl methyl sites for hydroxylation is 1. The second kappa shape index (κ2) is 8.99. The van der Waals surface area contributed by atoms with Gasteiger partial charge in [-0.2, -0.15) is 0 Å². The van der Waals surface area contributed by atoms with Crippen molar-refractivity contribution in [2.24, 2.45) is 0 Å². The fourth-order valence-electron chi connectivity index (χ4n) is 4.59. The highest BCUT2D eigenvalue weighted by Gasteiger charge is 2.27. The maximum absolute atomic E-state index is 14.2. The molecule has 0 aliphatic rings. The van der Waals surface area contributed by atoms with E-state index >= 15 is 0 Å². The number of carbonyl (C=O) groups is 1. The number of hydrogen-bond acceptors (Lipinski definition) is 2. The van der Waals surface area contributed by atoms with Gasteiger partial charge in [0.05, 0.1) is 12.6 Å². The number of carbonyl (C=O) groups excluding carboxylic acids is 1. The van der Waals surface area contributed by atoms with Crippen LogP contribution >= 0.6 is 0 Å². The third-order valence-electron chi connectivity index (χ3n) is 6.12. The van der Waals surface area contributed by atoms with Gasteiger partial charge in [0.2, 0.25) is 0 Å². The number of methoxy groups -OCH3 is 1. The molecular weight excluding hydrogens is 401 g/mol. The molecule has 1 unspecified atom stereocenters. The number of nitrogens with zero attached hydrogens (tertiary/aromatic N) is 1. The molecule has 32 heavy (non-hydrogen) atoms. The predicted octanol–water partition coefficient (Wildman–Crippen LogP) is 7.08. The van der Waals surface area contributed by atoms with Gasteiger partial charge in [-0.25, -0.2) is 4.39 Å². The molecule has 4 aromatic rings. The molecule has 0 fully saturated rings. The lowest BCUT2D eigenvalue weighted by Crippen LogP contribution is -2.16. The van der Waals surface area contributed by atoms with Gasteiger partial charge in [0, 0.05) is 35.0 Å². The summed E-state index contributed by atoms with van der Waals surface area (Å²) in [6, 6.07) is 22.3. The smallest absolute Gasteiger partial charge is 0.163 e. The largest absolute Gasteiger partial charge is 0.497 e. The van der Waals surface area contributed by atoms with Crippen LogP contribution in [0, 0.1) is 12.7 Å². The first kappa shape index (κ1) is 21.8. The number of halogens is 1. The highest BCUT2D eigenvalue weighted by Crippen LogP contribution is 2.39. The molecule has 0 aliphatic carbocycles. The Morgan fingerprint density at radius 3 is 2.31 bits per heavy atom. The monoisotopic (exact) mass is 429 g/mol. The topological polar surface area (TPSA) is 31.2 Å². The van der Waals surface area contributed by atoms with Crippen molar-refractivity contribution >= 4 is 16.7 Å². The molecule has 3 nitrogen and oxygen atoms in total. The first-order chi connectivity index (χ1) is 15.4. The van der Waals surface area contributed by atoms with Gasteiger partial charge in [-0.1, -0.05) is 42.5 Å². The third-order valence-corrected chi connectivity index (χ3v) is 6.12. The van der Waals surface area contributed by atoms with Gasteiger partial charge in [-0.3, -0.25) is 4.79 Å². The van der Waals surface area contributed by atoms with Crippen LogP contribution in [0.2, 0.25) is 0 Å². The van der Waals surface area contributed by atoms with E-state index in [1.165, 1.54) is 6.07 Å². The number of ketones is 1. The molecule has 4 rings (SSSR count). The van der Waals surface area contributed by atoms with Gasteiger partial charge in [0.25, 0.3) is 0 Å². The molecule has 0 radical (unpaired) electrons. The minimum atomic E-state index is -0.259. The van der Waals surface area contributed by atoms with Crippen LogP contribution in [0.4, 0.5) is 4.39 Å². The van der Waals surface area contributed by atoms with Gasteiger partial charge in [-0.15, -0.1) is 0 Å². The Kier molecular flexibility index (Phi) is 6.13. The zero-order valence-corrected chi connectivity index (χ0v) is 18.9. The molecule has 4 heteroatoms. The van der Waals surface area contributed by atoms with Crippen molar-refractivity contribution in [1.82, 2.24) is 4.57 Å². The summed E-state index contributed by atoms with van der Waals surface area (Å²) in [5, 5.41) is 1.01. The van der Waals surface area contributed by atoms with Crippen LogP contribution in [0.5, 0.6) is 5.75 Å². The number of rotatable bonds is 7. The molecule has 0 spiro atoms. The highest BCUT2D eigenvalue weighted by molar-refractivity contribution is 5.97. The van der Waals surface area contributed by atoms with E-state index < -0.39 is 0 Å². The third kappa shape index (κ3) is 4.05. The van der Waals surface area contributed by atoms with E-state index in [9.17, 15) is 9.18 Å². The molecule has 0 bridgehead atoms. The number of hydrogen-bond donors (Lipinski definition) is 0. The van der Waals surface area contributed by atoms with Crippen molar-refractivity contribution in [1.29, 1.82) is 0 Å². The van der Waals surface area contributed by atoms with Gasteiger partial charge in [0.15, 0.2) is 5.78 Å².